The normalized spacial score (nSPS) is 15.6. The van der Waals surface area contributed by atoms with Crippen molar-refractivity contribution in [3.05, 3.63) is 30.1 Å². The van der Waals surface area contributed by atoms with E-state index in [2.05, 4.69) is 4.98 Å². The molecule has 1 aromatic heterocycles. The van der Waals surface area contributed by atoms with Crippen LogP contribution in [0.5, 0.6) is 0 Å². The zero-order valence-electron chi connectivity index (χ0n) is 15.9. The molecule has 1 amide bonds. The van der Waals surface area contributed by atoms with Crippen LogP contribution >= 0.6 is 0 Å². The van der Waals surface area contributed by atoms with Crippen LogP contribution in [0.25, 0.3) is 0 Å². The third kappa shape index (κ3) is 6.58. The van der Waals surface area contributed by atoms with Crippen molar-refractivity contribution in [3.8, 4) is 0 Å². The van der Waals surface area contributed by atoms with E-state index in [9.17, 15) is 14.4 Å². The molecule has 0 radical (unpaired) electrons. The number of hydrogen-bond donors (Lipinski definition) is 0. The van der Waals surface area contributed by atoms with Crippen molar-refractivity contribution in [1.82, 2.24) is 9.88 Å². The number of hydrogen-bond acceptors (Lipinski definition) is 5. The smallest absolute Gasteiger partial charge is 0.410 e. The van der Waals surface area contributed by atoms with E-state index in [-0.39, 0.29) is 24.1 Å². The second kappa shape index (κ2) is 8.92. The Labute approximate surface area is 154 Å². The summed E-state index contributed by atoms with van der Waals surface area (Å²) in [4.78, 5) is 41.8. The standard InChI is InChI=1S/C20H28N2O4/c1-20(2,3)26-19(25)22-12-8-15(9-13-22)4-5-17(23)14-18(24)16-6-10-21-11-7-16/h6-7,10-11,15H,4-5,8-9,12-14H2,1-3H3. The Kier molecular flexibility index (Phi) is 6.89. The van der Waals surface area contributed by atoms with Gasteiger partial charge in [-0.15, -0.1) is 0 Å². The van der Waals surface area contributed by atoms with E-state index in [1.807, 2.05) is 20.8 Å². The minimum Gasteiger partial charge on any atom is -0.444 e. The van der Waals surface area contributed by atoms with Crippen molar-refractivity contribution < 1.29 is 19.1 Å². The summed E-state index contributed by atoms with van der Waals surface area (Å²) in [5.74, 6) is 0.229. The van der Waals surface area contributed by atoms with Gasteiger partial charge in [-0.25, -0.2) is 4.79 Å². The van der Waals surface area contributed by atoms with Crippen LogP contribution < -0.4 is 0 Å². The second-order valence-electron chi connectivity index (χ2n) is 7.82. The fraction of sp³-hybridized carbons (Fsp3) is 0.600. The number of carbonyl (C=O) groups excluding carboxylic acids is 3. The molecule has 0 atom stereocenters. The fourth-order valence-corrected chi connectivity index (χ4v) is 3.00. The largest absolute Gasteiger partial charge is 0.444 e. The highest BCUT2D eigenvalue weighted by Gasteiger charge is 2.27. The molecule has 0 bridgehead atoms. The van der Waals surface area contributed by atoms with Gasteiger partial charge in [0.25, 0.3) is 0 Å². The third-order valence-corrected chi connectivity index (χ3v) is 4.46. The molecule has 0 N–H and O–H groups in total. The minimum absolute atomic E-state index is 0.0265. The summed E-state index contributed by atoms with van der Waals surface area (Å²) in [6.07, 6.45) is 5.69. The summed E-state index contributed by atoms with van der Waals surface area (Å²) in [6.45, 7) is 6.89. The van der Waals surface area contributed by atoms with Crippen LogP contribution in [0.15, 0.2) is 24.5 Å². The number of piperidine rings is 1. The van der Waals surface area contributed by atoms with E-state index in [4.69, 9.17) is 4.74 Å². The molecule has 1 saturated heterocycles. The number of amides is 1. The number of aromatic nitrogens is 1. The Hall–Kier alpha value is -2.24. The molecule has 2 rings (SSSR count). The van der Waals surface area contributed by atoms with Crippen LogP contribution in [-0.4, -0.2) is 46.2 Å². The molecule has 1 aromatic rings. The van der Waals surface area contributed by atoms with Crippen LogP contribution in [0.3, 0.4) is 0 Å². The Bertz CT molecular complexity index is 629. The van der Waals surface area contributed by atoms with Gasteiger partial charge in [-0.3, -0.25) is 14.6 Å². The highest BCUT2D eigenvalue weighted by molar-refractivity contribution is 6.07. The molecule has 0 aliphatic carbocycles. The Morgan fingerprint density at radius 2 is 1.77 bits per heavy atom. The molecule has 0 spiro atoms. The van der Waals surface area contributed by atoms with E-state index in [1.54, 1.807) is 29.4 Å². The van der Waals surface area contributed by atoms with Gasteiger partial charge in [0.05, 0.1) is 6.42 Å². The average molecular weight is 360 g/mol. The van der Waals surface area contributed by atoms with E-state index in [1.165, 1.54) is 0 Å². The van der Waals surface area contributed by atoms with Crippen LogP contribution in [0.2, 0.25) is 0 Å². The molecular formula is C20H28N2O4. The van der Waals surface area contributed by atoms with Crippen molar-refractivity contribution in [2.45, 2.75) is 58.5 Å². The molecule has 0 saturated carbocycles. The van der Waals surface area contributed by atoms with Crippen LogP contribution in [0, 0.1) is 5.92 Å². The molecule has 1 aliphatic heterocycles. The van der Waals surface area contributed by atoms with Crippen molar-refractivity contribution in [2.75, 3.05) is 13.1 Å². The van der Waals surface area contributed by atoms with Gasteiger partial charge in [0, 0.05) is 37.5 Å². The lowest BCUT2D eigenvalue weighted by atomic mass is 9.90. The summed E-state index contributed by atoms with van der Waals surface area (Å²) in [6, 6.07) is 3.25. The number of carbonyl (C=O) groups is 3. The molecule has 6 heteroatoms. The maximum Gasteiger partial charge on any atom is 0.410 e. The Balaban J connectivity index is 1.69. The SMILES string of the molecule is CC(C)(C)OC(=O)N1CCC(CCC(=O)CC(=O)c2ccncc2)CC1. The van der Waals surface area contributed by atoms with Gasteiger partial charge >= 0.3 is 6.09 Å². The fourth-order valence-electron chi connectivity index (χ4n) is 3.00. The summed E-state index contributed by atoms with van der Waals surface area (Å²) < 4.78 is 5.39. The molecule has 26 heavy (non-hydrogen) atoms. The number of ketones is 2. The first kappa shape index (κ1) is 20.1. The number of nitrogens with zero attached hydrogens (tertiary/aromatic N) is 2. The number of likely N-dealkylation sites (tertiary alicyclic amines) is 1. The Morgan fingerprint density at radius 1 is 1.15 bits per heavy atom. The number of Topliss-reactive ketones (excluding diaryl/α,β-unsaturated/α-hetero) is 2. The molecule has 0 aromatic carbocycles. The van der Waals surface area contributed by atoms with Crippen LogP contribution in [0.1, 0.15) is 63.2 Å². The van der Waals surface area contributed by atoms with E-state index >= 15 is 0 Å². The van der Waals surface area contributed by atoms with E-state index in [0.717, 1.165) is 19.3 Å². The predicted octanol–water partition coefficient (Wildman–Crippen LogP) is 3.65. The Morgan fingerprint density at radius 3 is 2.35 bits per heavy atom. The molecule has 2 heterocycles. The second-order valence-corrected chi connectivity index (χ2v) is 7.82. The van der Waals surface area contributed by atoms with Gasteiger partial charge in [0.2, 0.25) is 0 Å². The maximum atomic E-state index is 12.1. The van der Waals surface area contributed by atoms with Crippen molar-refractivity contribution in [1.29, 1.82) is 0 Å². The minimum atomic E-state index is -0.484. The lowest BCUT2D eigenvalue weighted by Crippen LogP contribution is -2.41. The number of pyridine rings is 1. The maximum absolute atomic E-state index is 12.1. The first-order chi connectivity index (χ1) is 12.2. The summed E-state index contributed by atoms with van der Waals surface area (Å²) in [7, 11) is 0. The monoisotopic (exact) mass is 360 g/mol. The zero-order chi connectivity index (χ0) is 19.2. The topological polar surface area (TPSA) is 76.6 Å². The highest BCUT2D eigenvalue weighted by Crippen LogP contribution is 2.24. The predicted molar refractivity (Wildman–Crippen MR) is 98.0 cm³/mol. The van der Waals surface area contributed by atoms with Crippen LogP contribution in [0.4, 0.5) is 4.79 Å². The number of ether oxygens (including phenoxy) is 1. The number of rotatable bonds is 6. The molecular weight excluding hydrogens is 332 g/mol. The summed E-state index contributed by atoms with van der Waals surface area (Å²) in [5.41, 5.74) is 0.0424. The first-order valence-corrected chi connectivity index (χ1v) is 9.17. The molecule has 1 aliphatic rings. The first-order valence-electron chi connectivity index (χ1n) is 9.17. The van der Waals surface area contributed by atoms with Crippen molar-refractivity contribution in [2.24, 2.45) is 5.92 Å². The van der Waals surface area contributed by atoms with Crippen LogP contribution in [-0.2, 0) is 9.53 Å². The summed E-state index contributed by atoms with van der Waals surface area (Å²) in [5, 5.41) is 0. The van der Waals surface area contributed by atoms with Gasteiger partial charge < -0.3 is 9.64 Å². The molecule has 0 unspecified atom stereocenters. The van der Waals surface area contributed by atoms with Gasteiger partial charge in [-0.05, 0) is 58.1 Å². The molecule has 1 fully saturated rings. The van der Waals surface area contributed by atoms with Gasteiger partial charge in [-0.2, -0.15) is 0 Å². The van der Waals surface area contributed by atoms with E-state index in [0.29, 0.717) is 31.0 Å². The quantitative estimate of drug-likeness (QED) is 0.572. The third-order valence-electron chi connectivity index (χ3n) is 4.46. The highest BCUT2D eigenvalue weighted by atomic mass is 16.6. The van der Waals surface area contributed by atoms with Gasteiger partial charge in [0.1, 0.15) is 11.4 Å². The van der Waals surface area contributed by atoms with Crippen molar-refractivity contribution >= 4 is 17.7 Å². The lowest BCUT2D eigenvalue weighted by Gasteiger charge is -2.33. The van der Waals surface area contributed by atoms with E-state index < -0.39 is 5.60 Å². The van der Waals surface area contributed by atoms with Gasteiger partial charge in [-0.1, -0.05) is 0 Å². The average Bonchev–Trinajstić information content (AvgIpc) is 2.59. The van der Waals surface area contributed by atoms with Gasteiger partial charge in [0.15, 0.2) is 5.78 Å². The zero-order valence-corrected chi connectivity index (χ0v) is 15.9. The molecule has 142 valence electrons. The molecule has 6 nitrogen and oxygen atoms in total. The lowest BCUT2D eigenvalue weighted by molar-refractivity contribution is -0.118. The van der Waals surface area contributed by atoms with Crippen molar-refractivity contribution in [3.63, 3.8) is 0 Å². The summed E-state index contributed by atoms with van der Waals surface area (Å²) >= 11 is 0.